The third-order valence-corrected chi connectivity index (χ3v) is 4.19. The van der Waals surface area contributed by atoms with Crippen LogP contribution in [0, 0.1) is 5.92 Å². The topological polar surface area (TPSA) is 110 Å². The van der Waals surface area contributed by atoms with Gasteiger partial charge in [0.05, 0.1) is 12.6 Å². The van der Waals surface area contributed by atoms with E-state index in [1.807, 2.05) is 32.0 Å². The van der Waals surface area contributed by atoms with E-state index in [2.05, 4.69) is 20.6 Å². The van der Waals surface area contributed by atoms with Crippen LogP contribution in [0.3, 0.4) is 0 Å². The molecule has 2 rings (SSSR count). The van der Waals surface area contributed by atoms with Crippen molar-refractivity contribution >= 4 is 29.3 Å². The molecule has 7 nitrogen and oxygen atoms in total. The number of amides is 2. The highest BCUT2D eigenvalue weighted by atomic mass is 32.2. The lowest BCUT2D eigenvalue weighted by Crippen LogP contribution is -2.46. The molecule has 2 aromatic heterocycles. The van der Waals surface area contributed by atoms with E-state index in [0.29, 0.717) is 10.7 Å². The van der Waals surface area contributed by atoms with E-state index in [-0.39, 0.29) is 24.3 Å². The van der Waals surface area contributed by atoms with Crippen LogP contribution in [0.25, 0.3) is 0 Å². The highest BCUT2D eigenvalue weighted by Crippen LogP contribution is 2.25. The number of carbonyl (C=O) groups excluding carboxylic acids is 2. The summed E-state index contributed by atoms with van der Waals surface area (Å²) in [7, 11) is 0. The van der Waals surface area contributed by atoms with Crippen molar-refractivity contribution in [1.29, 1.82) is 0 Å². The highest BCUT2D eigenvalue weighted by molar-refractivity contribution is 7.99. The Labute approximate surface area is 150 Å². The minimum atomic E-state index is -0.630. The smallest absolute Gasteiger partial charge is 0.243 e. The molecule has 0 unspecified atom stereocenters. The first-order valence-corrected chi connectivity index (χ1v) is 8.65. The number of hydrogen-bond donors (Lipinski definition) is 3. The molecule has 2 amide bonds. The second kappa shape index (κ2) is 9.14. The normalized spacial score (nSPS) is 11.8. The second-order valence-corrected chi connectivity index (χ2v) is 6.73. The average Bonchev–Trinajstić information content (AvgIpc) is 2.60. The van der Waals surface area contributed by atoms with Crippen LogP contribution in [0.5, 0.6) is 0 Å². The number of nitrogens with zero attached hydrogens (tertiary/aromatic N) is 2. The Morgan fingerprint density at radius 1 is 1.16 bits per heavy atom. The summed E-state index contributed by atoms with van der Waals surface area (Å²) in [6.45, 7) is 3.56. The van der Waals surface area contributed by atoms with Gasteiger partial charge in [-0.15, -0.1) is 0 Å². The molecule has 0 bridgehead atoms. The maximum Gasteiger partial charge on any atom is 0.243 e. The van der Waals surface area contributed by atoms with E-state index in [0.717, 1.165) is 5.03 Å². The molecule has 0 fully saturated rings. The molecule has 132 valence electrons. The Morgan fingerprint density at radius 2 is 1.92 bits per heavy atom. The minimum Gasteiger partial charge on any atom is -0.346 e. The molecule has 0 spiro atoms. The Hall–Kier alpha value is -2.45. The SMILES string of the molecule is CC(C)[C@H](N)C(=O)NCC(=O)Nc1ccnc(Sc2ccccn2)c1. The summed E-state index contributed by atoms with van der Waals surface area (Å²) in [5, 5.41) is 6.78. The van der Waals surface area contributed by atoms with Crippen molar-refractivity contribution in [3.8, 4) is 0 Å². The van der Waals surface area contributed by atoms with Crippen LogP contribution < -0.4 is 16.4 Å². The van der Waals surface area contributed by atoms with Crippen molar-refractivity contribution < 1.29 is 9.59 Å². The van der Waals surface area contributed by atoms with E-state index in [4.69, 9.17) is 5.73 Å². The summed E-state index contributed by atoms with van der Waals surface area (Å²) < 4.78 is 0. The predicted octanol–water partition coefficient (Wildman–Crippen LogP) is 1.67. The summed E-state index contributed by atoms with van der Waals surface area (Å²) >= 11 is 1.39. The molecule has 2 aromatic rings. The molecule has 8 heteroatoms. The quantitative estimate of drug-likeness (QED) is 0.694. The number of pyridine rings is 2. The first kappa shape index (κ1) is 18.9. The molecule has 25 heavy (non-hydrogen) atoms. The van der Waals surface area contributed by atoms with Crippen LogP contribution in [0.15, 0.2) is 52.8 Å². The number of nitrogens with one attached hydrogen (secondary N) is 2. The monoisotopic (exact) mass is 359 g/mol. The van der Waals surface area contributed by atoms with E-state index < -0.39 is 6.04 Å². The molecule has 0 aliphatic heterocycles. The summed E-state index contributed by atoms with van der Waals surface area (Å²) in [6, 6.07) is 8.42. The second-order valence-electron chi connectivity index (χ2n) is 5.69. The van der Waals surface area contributed by atoms with Gasteiger partial charge in [0.25, 0.3) is 0 Å². The molecule has 0 radical (unpaired) electrons. The molecule has 0 aliphatic rings. The fraction of sp³-hybridized carbons (Fsp3) is 0.294. The molecule has 2 heterocycles. The van der Waals surface area contributed by atoms with E-state index in [1.165, 1.54) is 11.8 Å². The van der Waals surface area contributed by atoms with Gasteiger partial charge in [0.2, 0.25) is 11.8 Å². The van der Waals surface area contributed by atoms with Crippen LogP contribution in [0.1, 0.15) is 13.8 Å². The molecule has 0 saturated heterocycles. The van der Waals surface area contributed by atoms with E-state index in [9.17, 15) is 9.59 Å². The lowest BCUT2D eigenvalue weighted by Gasteiger charge is -2.15. The average molecular weight is 359 g/mol. The van der Waals surface area contributed by atoms with E-state index >= 15 is 0 Å². The van der Waals surface area contributed by atoms with Crippen LogP contribution >= 0.6 is 11.8 Å². The zero-order valence-electron chi connectivity index (χ0n) is 14.1. The highest BCUT2D eigenvalue weighted by Gasteiger charge is 2.17. The zero-order valence-corrected chi connectivity index (χ0v) is 14.9. The van der Waals surface area contributed by atoms with Crippen molar-refractivity contribution in [2.24, 2.45) is 11.7 Å². The van der Waals surface area contributed by atoms with Gasteiger partial charge in [-0.25, -0.2) is 9.97 Å². The third kappa shape index (κ3) is 6.17. The first-order chi connectivity index (χ1) is 12.0. The predicted molar refractivity (Wildman–Crippen MR) is 97.0 cm³/mol. The van der Waals surface area contributed by atoms with Crippen LogP contribution in [0.4, 0.5) is 5.69 Å². The van der Waals surface area contributed by atoms with Crippen LogP contribution in [-0.2, 0) is 9.59 Å². The maximum absolute atomic E-state index is 12.0. The maximum atomic E-state index is 12.0. The third-order valence-electron chi connectivity index (χ3n) is 3.31. The van der Waals surface area contributed by atoms with Gasteiger partial charge in [0.1, 0.15) is 10.1 Å². The molecular formula is C17H21N5O2S. The van der Waals surface area contributed by atoms with Gasteiger partial charge in [-0.05, 0) is 30.2 Å². The summed E-state index contributed by atoms with van der Waals surface area (Å²) in [6.07, 6.45) is 3.31. The summed E-state index contributed by atoms with van der Waals surface area (Å²) in [5.41, 5.74) is 6.33. The van der Waals surface area contributed by atoms with Gasteiger partial charge in [-0.1, -0.05) is 31.7 Å². The fourth-order valence-electron chi connectivity index (χ4n) is 1.85. The Bertz CT molecular complexity index is 724. The van der Waals surface area contributed by atoms with Gasteiger partial charge in [0.15, 0.2) is 0 Å². The van der Waals surface area contributed by atoms with Crippen LogP contribution in [0.2, 0.25) is 0 Å². The number of carbonyl (C=O) groups is 2. The molecule has 0 aliphatic carbocycles. The minimum absolute atomic E-state index is 0.00874. The lowest BCUT2D eigenvalue weighted by atomic mass is 10.1. The number of hydrogen-bond acceptors (Lipinski definition) is 6. The Kier molecular flexibility index (Phi) is 6.91. The molecular weight excluding hydrogens is 338 g/mol. The number of rotatable bonds is 7. The summed E-state index contributed by atoms with van der Waals surface area (Å²) in [5.74, 6) is -0.662. The van der Waals surface area contributed by atoms with Gasteiger partial charge in [0, 0.05) is 18.1 Å². The number of nitrogens with two attached hydrogens (primary N) is 1. The zero-order chi connectivity index (χ0) is 18.2. The lowest BCUT2D eigenvalue weighted by molar-refractivity contribution is -0.125. The molecule has 0 saturated carbocycles. The van der Waals surface area contributed by atoms with Crippen molar-refractivity contribution in [3.63, 3.8) is 0 Å². The number of aromatic nitrogens is 2. The van der Waals surface area contributed by atoms with Crippen molar-refractivity contribution in [3.05, 3.63) is 42.7 Å². The van der Waals surface area contributed by atoms with Gasteiger partial charge in [-0.2, -0.15) is 0 Å². The van der Waals surface area contributed by atoms with Gasteiger partial charge in [-0.3, -0.25) is 9.59 Å². The molecule has 4 N–H and O–H groups in total. The van der Waals surface area contributed by atoms with Gasteiger partial charge < -0.3 is 16.4 Å². The van der Waals surface area contributed by atoms with Crippen molar-refractivity contribution in [2.75, 3.05) is 11.9 Å². The van der Waals surface area contributed by atoms with Crippen molar-refractivity contribution in [1.82, 2.24) is 15.3 Å². The Morgan fingerprint density at radius 3 is 2.60 bits per heavy atom. The molecule has 1 atom stereocenters. The van der Waals surface area contributed by atoms with E-state index in [1.54, 1.807) is 24.5 Å². The standard InChI is InChI=1S/C17H21N5O2S/c1-11(2)16(18)17(24)21-10-13(23)22-12-6-8-20-15(9-12)25-14-5-3-4-7-19-14/h3-9,11,16H,10,18H2,1-2H3,(H,21,24)(H,20,22,23)/t16-/m0/s1. The number of anilines is 1. The summed E-state index contributed by atoms with van der Waals surface area (Å²) in [4.78, 5) is 32.2. The van der Waals surface area contributed by atoms with Crippen LogP contribution in [-0.4, -0.2) is 34.4 Å². The van der Waals surface area contributed by atoms with Crippen molar-refractivity contribution in [2.45, 2.75) is 29.9 Å². The largest absolute Gasteiger partial charge is 0.346 e. The molecule has 0 aromatic carbocycles. The van der Waals surface area contributed by atoms with Gasteiger partial charge >= 0.3 is 0 Å². The first-order valence-electron chi connectivity index (χ1n) is 7.84. The fourth-order valence-corrected chi connectivity index (χ4v) is 2.62. The Balaban J connectivity index is 1.89.